The molecule has 1 atom stereocenters. The third kappa shape index (κ3) is 5.85. The van der Waals surface area contributed by atoms with Crippen LogP contribution < -0.4 is 9.47 Å². The number of rotatable bonds is 10. The highest BCUT2D eigenvalue weighted by atomic mass is 16.5. The minimum atomic E-state index is -0.745. The molecule has 1 saturated heterocycles. The summed E-state index contributed by atoms with van der Waals surface area (Å²) in [5, 5.41) is 11.4. The number of benzene rings is 2. The van der Waals surface area contributed by atoms with E-state index < -0.39 is 17.7 Å². The van der Waals surface area contributed by atoms with Crippen LogP contribution in [0.2, 0.25) is 0 Å². The fourth-order valence-electron chi connectivity index (χ4n) is 4.25. The molecule has 2 aromatic carbocycles. The van der Waals surface area contributed by atoms with Crippen molar-refractivity contribution in [1.82, 2.24) is 9.80 Å². The number of amides is 1. The molecule has 35 heavy (non-hydrogen) atoms. The molecule has 1 fully saturated rings. The van der Waals surface area contributed by atoms with E-state index in [1.165, 1.54) is 0 Å². The molecule has 2 aromatic rings. The predicted molar refractivity (Wildman–Crippen MR) is 137 cm³/mol. The van der Waals surface area contributed by atoms with Crippen molar-refractivity contribution in [1.29, 1.82) is 0 Å². The average molecular weight is 481 g/mol. The molecular weight excluding hydrogens is 444 g/mol. The van der Waals surface area contributed by atoms with Crippen LogP contribution in [0.4, 0.5) is 0 Å². The van der Waals surface area contributed by atoms with Crippen LogP contribution >= 0.6 is 0 Å². The van der Waals surface area contributed by atoms with E-state index in [0.29, 0.717) is 42.4 Å². The summed E-state index contributed by atoms with van der Waals surface area (Å²) in [5.41, 5.74) is 2.03. The zero-order valence-corrected chi connectivity index (χ0v) is 21.5. The summed E-state index contributed by atoms with van der Waals surface area (Å²) in [6.45, 7) is 7.76. The number of aliphatic hydroxyl groups excluding tert-OH is 1. The van der Waals surface area contributed by atoms with Gasteiger partial charge in [-0.3, -0.25) is 9.59 Å². The Morgan fingerprint density at radius 3 is 2.46 bits per heavy atom. The third-order valence-electron chi connectivity index (χ3n) is 6.00. The SMILES string of the molecule is COc1ccccc1[C@H]1C(=C(O)c2ccc(OCC(C)C)c(C)c2)C(=O)C(=O)N1CCCN(C)C. The van der Waals surface area contributed by atoms with Crippen LogP contribution in [0.15, 0.2) is 48.0 Å². The number of aliphatic hydroxyl groups is 1. The maximum Gasteiger partial charge on any atom is 0.295 e. The van der Waals surface area contributed by atoms with E-state index >= 15 is 0 Å². The molecule has 0 unspecified atom stereocenters. The Balaban J connectivity index is 2.08. The average Bonchev–Trinajstić information content (AvgIpc) is 3.07. The Bertz CT molecular complexity index is 1110. The van der Waals surface area contributed by atoms with Gasteiger partial charge in [-0.2, -0.15) is 0 Å². The van der Waals surface area contributed by atoms with E-state index in [9.17, 15) is 14.7 Å². The number of hydrogen-bond acceptors (Lipinski definition) is 6. The Labute approximate surface area is 207 Å². The summed E-state index contributed by atoms with van der Waals surface area (Å²) in [6, 6.07) is 11.8. The van der Waals surface area contributed by atoms with Gasteiger partial charge in [0.1, 0.15) is 17.3 Å². The van der Waals surface area contributed by atoms with Gasteiger partial charge in [0.2, 0.25) is 0 Å². The van der Waals surface area contributed by atoms with Crippen molar-refractivity contribution >= 4 is 17.4 Å². The van der Waals surface area contributed by atoms with Gasteiger partial charge in [-0.15, -0.1) is 0 Å². The molecular formula is C28H36N2O5. The van der Waals surface area contributed by atoms with Gasteiger partial charge in [0.25, 0.3) is 11.7 Å². The highest BCUT2D eigenvalue weighted by Gasteiger charge is 2.46. The molecule has 0 saturated carbocycles. The monoisotopic (exact) mass is 480 g/mol. The molecule has 1 amide bonds. The zero-order valence-electron chi connectivity index (χ0n) is 21.5. The number of likely N-dealkylation sites (tertiary alicyclic amines) is 1. The van der Waals surface area contributed by atoms with Crippen LogP contribution in [0, 0.1) is 12.8 Å². The lowest BCUT2D eigenvalue weighted by molar-refractivity contribution is -0.140. The lowest BCUT2D eigenvalue weighted by atomic mass is 9.94. The standard InChI is InChI=1S/C28H36N2O5/c1-18(2)17-35-22-13-12-20(16-19(22)3)26(31)24-25(21-10-7-8-11-23(21)34-6)30(28(33)27(24)32)15-9-14-29(4)5/h7-8,10-13,16,18,25,31H,9,14-15,17H2,1-6H3/t25-/m0/s1. The molecule has 7 heteroatoms. The third-order valence-corrected chi connectivity index (χ3v) is 6.00. The van der Waals surface area contributed by atoms with Crippen LogP contribution in [0.25, 0.3) is 5.76 Å². The molecule has 0 radical (unpaired) electrons. The molecule has 1 aliphatic heterocycles. The first-order chi connectivity index (χ1) is 16.6. The van der Waals surface area contributed by atoms with E-state index in [2.05, 4.69) is 13.8 Å². The molecule has 1 N–H and O–H groups in total. The van der Waals surface area contributed by atoms with Crippen molar-refractivity contribution in [3.63, 3.8) is 0 Å². The molecule has 0 aliphatic carbocycles. The number of carbonyl (C=O) groups is 2. The first-order valence-electron chi connectivity index (χ1n) is 12.0. The molecule has 1 aliphatic rings. The lowest BCUT2D eigenvalue weighted by Gasteiger charge is -2.27. The number of hydrogen-bond donors (Lipinski definition) is 1. The number of methoxy groups -OCH3 is 1. The fourth-order valence-corrected chi connectivity index (χ4v) is 4.25. The van der Waals surface area contributed by atoms with Crippen molar-refractivity contribution in [3.05, 3.63) is 64.7 Å². The summed E-state index contributed by atoms with van der Waals surface area (Å²) in [6.07, 6.45) is 0.687. The summed E-state index contributed by atoms with van der Waals surface area (Å²) in [5.74, 6) is 0.146. The first-order valence-corrected chi connectivity index (χ1v) is 12.0. The summed E-state index contributed by atoms with van der Waals surface area (Å²) < 4.78 is 11.4. The van der Waals surface area contributed by atoms with Gasteiger partial charge in [0.15, 0.2) is 0 Å². The zero-order chi connectivity index (χ0) is 25.7. The topological polar surface area (TPSA) is 79.3 Å². The molecule has 188 valence electrons. The van der Waals surface area contributed by atoms with Crippen LogP contribution in [0.5, 0.6) is 11.5 Å². The van der Waals surface area contributed by atoms with Crippen LogP contribution in [-0.4, -0.2) is 67.5 Å². The Morgan fingerprint density at radius 2 is 1.83 bits per heavy atom. The van der Waals surface area contributed by atoms with E-state index in [0.717, 1.165) is 17.9 Å². The Kier molecular flexibility index (Phi) is 8.57. The highest BCUT2D eigenvalue weighted by Crippen LogP contribution is 2.43. The minimum Gasteiger partial charge on any atom is -0.507 e. The van der Waals surface area contributed by atoms with Gasteiger partial charge in [-0.25, -0.2) is 0 Å². The Morgan fingerprint density at radius 1 is 1.11 bits per heavy atom. The van der Waals surface area contributed by atoms with Gasteiger partial charge in [0.05, 0.1) is 25.3 Å². The van der Waals surface area contributed by atoms with Gasteiger partial charge < -0.3 is 24.4 Å². The number of ether oxygens (including phenoxy) is 2. The van der Waals surface area contributed by atoms with Gasteiger partial charge in [-0.1, -0.05) is 32.0 Å². The molecule has 7 nitrogen and oxygen atoms in total. The van der Waals surface area contributed by atoms with Crippen LogP contribution in [-0.2, 0) is 9.59 Å². The second-order valence-corrected chi connectivity index (χ2v) is 9.58. The quantitative estimate of drug-likeness (QED) is 0.308. The summed E-state index contributed by atoms with van der Waals surface area (Å²) in [4.78, 5) is 30.0. The van der Waals surface area contributed by atoms with Gasteiger partial charge in [-0.05, 0) is 69.7 Å². The van der Waals surface area contributed by atoms with Crippen LogP contribution in [0.3, 0.4) is 0 Å². The summed E-state index contributed by atoms with van der Waals surface area (Å²) >= 11 is 0. The highest BCUT2D eigenvalue weighted by molar-refractivity contribution is 6.46. The maximum atomic E-state index is 13.3. The number of carbonyl (C=O) groups excluding carboxylic acids is 2. The maximum absolute atomic E-state index is 13.3. The van der Waals surface area contributed by atoms with Gasteiger partial charge >= 0.3 is 0 Å². The van der Waals surface area contributed by atoms with Crippen LogP contribution in [0.1, 0.15) is 43.0 Å². The molecule has 0 spiro atoms. The lowest BCUT2D eigenvalue weighted by Crippen LogP contribution is -2.32. The molecule has 3 rings (SSSR count). The van der Waals surface area contributed by atoms with E-state index in [1.807, 2.05) is 44.1 Å². The smallest absolute Gasteiger partial charge is 0.295 e. The molecule has 1 heterocycles. The number of nitrogens with zero attached hydrogens (tertiary/aromatic N) is 2. The van der Waals surface area contributed by atoms with E-state index in [1.54, 1.807) is 36.3 Å². The number of aryl methyl sites for hydroxylation is 1. The summed E-state index contributed by atoms with van der Waals surface area (Å²) in [7, 11) is 5.47. The number of ketones is 1. The predicted octanol–water partition coefficient (Wildman–Crippen LogP) is 4.41. The van der Waals surface area contributed by atoms with E-state index in [-0.39, 0.29) is 11.3 Å². The normalized spacial score (nSPS) is 17.5. The van der Waals surface area contributed by atoms with Gasteiger partial charge in [0, 0.05) is 17.7 Å². The Hall–Kier alpha value is -3.32. The largest absolute Gasteiger partial charge is 0.507 e. The second kappa shape index (κ2) is 11.4. The molecule has 0 bridgehead atoms. The van der Waals surface area contributed by atoms with E-state index in [4.69, 9.17) is 9.47 Å². The second-order valence-electron chi connectivity index (χ2n) is 9.58. The van der Waals surface area contributed by atoms with Crippen molar-refractivity contribution < 1.29 is 24.2 Å². The molecule has 0 aromatic heterocycles. The van der Waals surface area contributed by atoms with Crippen molar-refractivity contribution in [2.75, 3.05) is 40.9 Å². The van der Waals surface area contributed by atoms with Crippen molar-refractivity contribution in [3.8, 4) is 11.5 Å². The first kappa shape index (κ1) is 26.3. The van der Waals surface area contributed by atoms with Crippen molar-refractivity contribution in [2.45, 2.75) is 33.2 Å². The fraction of sp³-hybridized carbons (Fsp3) is 0.429. The number of Topliss-reactive ketones (excluding diaryl/α,β-unsaturated/α-hetero) is 1. The minimum absolute atomic E-state index is 0.0691. The number of para-hydroxylation sites is 1. The van der Waals surface area contributed by atoms with Crippen molar-refractivity contribution in [2.24, 2.45) is 5.92 Å².